The third-order valence-corrected chi connectivity index (χ3v) is 5.75. The van der Waals surface area contributed by atoms with Crippen molar-refractivity contribution in [1.82, 2.24) is 10.2 Å². The second-order valence-corrected chi connectivity index (χ2v) is 7.97. The fourth-order valence-electron chi connectivity index (χ4n) is 4.27. The number of likely N-dealkylation sites (tertiary alicyclic amines) is 1. The van der Waals surface area contributed by atoms with Gasteiger partial charge in [0.2, 0.25) is 0 Å². The van der Waals surface area contributed by atoms with Crippen LogP contribution in [0.5, 0.6) is 0 Å². The minimum Gasteiger partial charge on any atom is -0.313 e. The highest BCUT2D eigenvalue weighted by molar-refractivity contribution is 4.91. The Labute approximate surface area is 126 Å². The Balaban J connectivity index is 1.86. The predicted molar refractivity (Wildman–Crippen MR) is 88.1 cm³/mol. The van der Waals surface area contributed by atoms with E-state index < -0.39 is 0 Å². The Kier molecular flexibility index (Phi) is 5.92. The number of nitrogens with one attached hydrogen (secondary N) is 1. The van der Waals surface area contributed by atoms with Gasteiger partial charge in [0.25, 0.3) is 0 Å². The summed E-state index contributed by atoms with van der Waals surface area (Å²) < 4.78 is 0. The molecule has 118 valence electrons. The summed E-state index contributed by atoms with van der Waals surface area (Å²) in [5, 5.41) is 3.65. The topological polar surface area (TPSA) is 15.3 Å². The van der Waals surface area contributed by atoms with Crippen LogP contribution < -0.4 is 5.32 Å². The van der Waals surface area contributed by atoms with E-state index in [1.54, 1.807) is 0 Å². The van der Waals surface area contributed by atoms with E-state index in [9.17, 15) is 0 Å². The maximum atomic E-state index is 3.65. The maximum Gasteiger partial charge on any atom is 0.0243 e. The fourth-order valence-corrected chi connectivity index (χ4v) is 4.27. The van der Waals surface area contributed by atoms with Gasteiger partial charge < -0.3 is 5.32 Å². The van der Waals surface area contributed by atoms with Crippen molar-refractivity contribution < 1.29 is 0 Å². The molecule has 2 nitrogen and oxygen atoms in total. The zero-order valence-corrected chi connectivity index (χ0v) is 14.3. The van der Waals surface area contributed by atoms with Gasteiger partial charge in [-0.2, -0.15) is 0 Å². The molecular weight excluding hydrogens is 244 g/mol. The molecule has 1 unspecified atom stereocenters. The highest BCUT2D eigenvalue weighted by atomic mass is 15.2. The van der Waals surface area contributed by atoms with E-state index >= 15 is 0 Å². The Hall–Kier alpha value is -0.0800. The third kappa shape index (κ3) is 4.21. The second kappa shape index (κ2) is 7.26. The van der Waals surface area contributed by atoms with Crippen LogP contribution in [-0.4, -0.2) is 36.6 Å². The molecule has 1 saturated heterocycles. The average Bonchev–Trinajstić information content (AvgIpc) is 2.41. The zero-order valence-electron chi connectivity index (χ0n) is 14.3. The van der Waals surface area contributed by atoms with Gasteiger partial charge in [-0.1, -0.05) is 47.0 Å². The average molecular weight is 280 g/mol. The van der Waals surface area contributed by atoms with E-state index in [0.29, 0.717) is 6.04 Å². The molecule has 1 heterocycles. The van der Waals surface area contributed by atoms with E-state index in [1.165, 1.54) is 58.0 Å². The summed E-state index contributed by atoms with van der Waals surface area (Å²) in [6, 6.07) is 1.32. The summed E-state index contributed by atoms with van der Waals surface area (Å²) in [6.07, 6.45) is 10.4. The number of rotatable bonds is 5. The highest BCUT2D eigenvalue weighted by Crippen LogP contribution is 2.44. The van der Waals surface area contributed by atoms with Crippen LogP contribution in [0.15, 0.2) is 0 Å². The first-order valence-electron chi connectivity index (χ1n) is 9.00. The van der Waals surface area contributed by atoms with Gasteiger partial charge in [0.15, 0.2) is 0 Å². The van der Waals surface area contributed by atoms with Crippen molar-refractivity contribution in [2.24, 2.45) is 11.3 Å². The lowest BCUT2D eigenvalue weighted by molar-refractivity contribution is 0.0324. The molecule has 0 amide bonds. The molecule has 0 bridgehead atoms. The number of hydrogen-bond acceptors (Lipinski definition) is 2. The van der Waals surface area contributed by atoms with Gasteiger partial charge in [0, 0.05) is 18.6 Å². The van der Waals surface area contributed by atoms with Crippen LogP contribution >= 0.6 is 0 Å². The normalized spacial score (nSPS) is 25.5. The standard InChI is InChI=1S/C18H36N2/c1-15(2)17(14-19-16(3)4)20-12-10-18(11-13-20)8-6-5-7-9-18/h15-17,19H,5-14H2,1-4H3. The number of nitrogens with zero attached hydrogens (tertiary/aromatic N) is 1. The molecule has 20 heavy (non-hydrogen) atoms. The predicted octanol–water partition coefficient (Wildman–Crippen LogP) is 4.06. The molecule has 1 saturated carbocycles. The lowest BCUT2D eigenvalue weighted by Crippen LogP contribution is -2.52. The molecule has 0 aromatic carbocycles. The van der Waals surface area contributed by atoms with Gasteiger partial charge in [0.1, 0.15) is 0 Å². The van der Waals surface area contributed by atoms with Crippen molar-refractivity contribution in [1.29, 1.82) is 0 Å². The Morgan fingerprint density at radius 2 is 1.50 bits per heavy atom. The monoisotopic (exact) mass is 280 g/mol. The minimum atomic E-state index is 0.603. The molecule has 1 N–H and O–H groups in total. The molecule has 2 heteroatoms. The van der Waals surface area contributed by atoms with E-state index in [1.807, 2.05) is 0 Å². The lowest BCUT2D eigenvalue weighted by atomic mass is 9.68. The van der Waals surface area contributed by atoms with Gasteiger partial charge >= 0.3 is 0 Å². The van der Waals surface area contributed by atoms with Gasteiger partial charge in [-0.05, 0) is 50.1 Å². The second-order valence-electron chi connectivity index (χ2n) is 7.97. The quantitative estimate of drug-likeness (QED) is 0.817. The number of piperidine rings is 1. The summed E-state index contributed by atoms with van der Waals surface area (Å²) in [6.45, 7) is 13.1. The Morgan fingerprint density at radius 1 is 0.900 bits per heavy atom. The first-order valence-corrected chi connectivity index (χ1v) is 9.00. The van der Waals surface area contributed by atoms with Crippen molar-refractivity contribution in [3.8, 4) is 0 Å². The fraction of sp³-hybridized carbons (Fsp3) is 1.00. The van der Waals surface area contributed by atoms with Crippen LogP contribution in [0.3, 0.4) is 0 Å². The summed E-state index contributed by atoms with van der Waals surface area (Å²) in [5.74, 6) is 0.752. The van der Waals surface area contributed by atoms with Crippen molar-refractivity contribution in [2.75, 3.05) is 19.6 Å². The van der Waals surface area contributed by atoms with E-state index in [4.69, 9.17) is 0 Å². The molecule has 1 atom stereocenters. The Morgan fingerprint density at radius 3 is 2.00 bits per heavy atom. The molecule has 2 aliphatic rings. The Bertz CT molecular complexity index is 269. The van der Waals surface area contributed by atoms with Crippen LogP contribution in [0.2, 0.25) is 0 Å². The largest absolute Gasteiger partial charge is 0.313 e. The summed E-state index contributed by atoms with van der Waals surface area (Å²) in [5.41, 5.74) is 0.738. The molecule has 1 aliphatic carbocycles. The lowest BCUT2D eigenvalue weighted by Gasteiger charge is -2.47. The van der Waals surface area contributed by atoms with Crippen molar-refractivity contribution in [3.63, 3.8) is 0 Å². The molecular formula is C18H36N2. The van der Waals surface area contributed by atoms with Crippen LogP contribution in [0.4, 0.5) is 0 Å². The summed E-state index contributed by atoms with van der Waals surface area (Å²) in [7, 11) is 0. The minimum absolute atomic E-state index is 0.603. The van der Waals surface area contributed by atoms with Crippen molar-refractivity contribution in [2.45, 2.75) is 84.7 Å². The molecule has 1 spiro atoms. The summed E-state index contributed by atoms with van der Waals surface area (Å²) >= 11 is 0. The summed E-state index contributed by atoms with van der Waals surface area (Å²) in [4.78, 5) is 2.78. The van der Waals surface area contributed by atoms with Crippen LogP contribution in [-0.2, 0) is 0 Å². The van der Waals surface area contributed by atoms with E-state index in [-0.39, 0.29) is 0 Å². The highest BCUT2D eigenvalue weighted by Gasteiger charge is 2.37. The molecule has 2 fully saturated rings. The van der Waals surface area contributed by atoms with Crippen molar-refractivity contribution >= 4 is 0 Å². The zero-order chi connectivity index (χ0) is 14.6. The maximum absolute atomic E-state index is 3.65. The number of hydrogen-bond donors (Lipinski definition) is 1. The van der Waals surface area contributed by atoms with E-state index in [2.05, 4.69) is 37.9 Å². The van der Waals surface area contributed by atoms with Crippen molar-refractivity contribution in [3.05, 3.63) is 0 Å². The van der Waals surface area contributed by atoms with Crippen LogP contribution in [0.25, 0.3) is 0 Å². The van der Waals surface area contributed by atoms with Crippen LogP contribution in [0, 0.1) is 11.3 Å². The third-order valence-electron chi connectivity index (χ3n) is 5.75. The molecule has 1 aliphatic heterocycles. The van der Waals surface area contributed by atoms with E-state index in [0.717, 1.165) is 23.9 Å². The SMILES string of the molecule is CC(C)NCC(C(C)C)N1CCC2(CCCCC2)CC1. The smallest absolute Gasteiger partial charge is 0.0243 e. The first kappa shape index (κ1) is 16.3. The van der Waals surface area contributed by atoms with Gasteiger partial charge in [-0.3, -0.25) is 4.90 Å². The first-order chi connectivity index (χ1) is 9.52. The molecule has 0 aromatic heterocycles. The van der Waals surface area contributed by atoms with Crippen LogP contribution in [0.1, 0.15) is 72.6 Å². The van der Waals surface area contributed by atoms with Gasteiger partial charge in [0.05, 0.1) is 0 Å². The molecule has 0 radical (unpaired) electrons. The molecule has 0 aromatic rings. The van der Waals surface area contributed by atoms with Gasteiger partial charge in [-0.15, -0.1) is 0 Å². The molecule has 2 rings (SSSR count). The van der Waals surface area contributed by atoms with Gasteiger partial charge in [-0.25, -0.2) is 0 Å².